The van der Waals surface area contributed by atoms with E-state index in [1.807, 2.05) is 18.2 Å². The summed E-state index contributed by atoms with van der Waals surface area (Å²) in [6.45, 7) is 0. The summed E-state index contributed by atoms with van der Waals surface area (Å²) in [5.41, 5.74) is 3.65. The van der Waals surface area contributed by atoms with Gasteiger partial charge in [0, 0.05) is 28.1 Å². The van der Waals surface area contributed by atoms with Crippen molar-refractivity contribution in [1.82, 2.24) is 4.98 Å². The summed E-state index contributed by atoms with van der Waals surface area (Å²) in [6, 6.07) is 13.7. The molecule has 30 heavy (non-hydrogen) atoms. The number of aryl methyl sites for hydroxylation is 1. The van der Waals surface area contributed by atoms with Crippen molar-refractivity contribution >= 4 is 49.5 Å². The van der Waals surface area contributed by atoms with E-state index in [-0.39, 0.29) is 11.6 Å². The predicted molar refractivity (Wildman–Crippen MR) is 121 cm³/mol. The van der Waals surface area contributed by atoms with Gasteiger partial charge in [-0.25, -0.2) is 4.98 Å². The highest BCUT2D eigenvalue weighted by atomic mass is 32.1. The van der Waals surface area contributed by atoms with Gasteiger partial charge in [0.2, 0.25) is 0 Å². The zero-order valence-corrected chi connectivity index (χ0v) is 17.5. The molecule has 6 nitrogen and oxygen atoms in total. The number of carbonyl (C=O) groups is 1. The number of fused-ring (bicyclic) bond motifs is 2. The van der Waals surface area contributed by atoms with Crippen LogP contribution in [0.3, 0.4) is 0 Å². The van der Waals surface area contributed by atoms with Crippen LogP contribution in [0.15, 0.2) is 48.5 Å². The lowest BCUT2D eigenvalue weighted by Crippen LogP contribution is -2.11. The highest BCUT2D eigenvalue weighted by Gasteiger charge is 2.25. The number of nitro groups is 1. The first-order valence-corrected chi connectivity index (χ1v) is 11.3. The van der Waals surface area contributed by atoms with E-state index in [4.69, 9.17) is 4.98 Å². The molecule has 0 unspecified atom stereocenters. The van der Waals surface area contributed by atoms with Crippen molar-refractivity contribution < 1.29 is 9.72 Å². The minimum Gasteiger partial charge on any atom is -0.313 e. The molecule has 1 aliphatic rings. The average Bonchev–Trinajstić information content (AvgIpc) is 3.34. The predicted octanol–water partition coefficient (Wildman–Crippen LogP) is 6.06. The van der Waals surface area contributed by atoms with Crippen molar-refractivity contribution in [3.05, 3.63) is 74.6 Å². The van der Waals surface area contributed by atoms with E-state index < -0.39 is 4.92 Å². The molecular formula is C22H17N3O3S2. The Bertz CT molecular complexity index is 1240. The first kappa shape index (κ1) is 18.9. The smallest absolute Gasteiger partial charge is 0.269 e. The van der Waals surface area contributed by atoms with Gasteiger partial charge in [0.05, 0.1) is 15.1 Å². The van der Waals surface area contributed by atoms with Gasteiger partial charge in [-0.3, -0.25) is 14.9 Å². The van der Waals surface area contributed by atoms with Crippen LogP contribution in [-0.2, 0) is 12.8 Å². The Kier molecular flexibility index (Phi) is 4.80. The highest BCUT2D eigenvalue weighted by molar-refractivity contribution is 7.23. The van der Waals surface area contributed by atoms with Crippen LogP contribution >= 0.6 is 22.7 Å². The minimum atomic E-state index is -0.472. The van der Waals surface area contributed by atoms with Crippen molar-refractivity contribution in [1.29, 1.82) is 0 Å². The summed E-state index contributed by atoms with van der Waals surface area (Å²) in [6.07, 6.45) is 4.30. The number of carbonyl (C=O) groups excluding carboxylic acids is 1. The van der Waals surface area contributed by atoms with Gasteiger partial charge in [-0.1, -0.05) is 12.1 Å². The molecule has 0 atom stereocenters. The van der Waals surface area contributed by atoms with Gasteiger partial charge in [-0.2, -0.15) is 0 Å². The zero-order valence-electron chi connectivity index (χ0n) is 15.9. The summed E-state index contributed by atoms with van der Waals surface area (Å²) in [7, 11) is 0. The van der Waals surface area contributed by atoms with Crippen molar-refractivity contribution in [2.45, 2.75) is 25.7 Å². The lowest BCUT2D eigenvalue weighted by atomic mass is 9.95. The maximum atomic E-state index is 12.9. The third-order valence-electron chi connectivity index (χ3n) is 5.25. The number of thiophene rings is 1. The third kappa shape index (κ3) is 3.38. The molecule has 0 fully saturated rings. The molecule has 4 aromatic rings. The number of thiazole rings is 1. The van der Waals surface area contributed by atoms with Crippen molar-refractivity contribution in [3.8, 4) is 10.6 Å². The Labute approximate surface area is 180 Å². The van der Waals surface area contributed by atoms with Crippen LogP contribution in [0.5, 0.6) is 0 Å². The molecule has 0 radical (unpaired) electrons. The normalized spacial score (nSPS) is 13.2. The van der Waals surface area contributed by atoms with E-state index in [0.29, 0.717) is 5.56 Å². The Hall–Kier alpha value is -3.10. The minimum absolute atomic E-state index is 0.0340. The number of hydrogen-bond acceptors (Lipinski definition) is 6. The van der Waals surface area contributed by atoms with Crippen LogP contribution in [0.25, 0.3) is 20.8 Å². The fraction of sp³-hybridized carbons (Fsp3) is 0.182. The number of anilines is 1. The molecule has 0 saturated carbocycles. The Morgan fingerprint density at radius 2 is 1.80 bits per heavy atom. The first-order chi connectivity index (χ1) is 14.6. The molecule has 0 saturated heterocycles. The topological polar surface area (TPSA) is 85.1 Å². The highest BCUT2D eigenvalue weighted by Crippen LogP contribution is 2.46. The molecule has 1 N–H and O–H groups in total. The maximum Gasteiger partial charge on any atom is 0.269 e. The van der Waals surface area contributed by atoms with Crippen LogP contribution in [0.2, 0.25) is 0 Å². The molecular weight excluding hydrogens is 418 g/mol. The molecule has 1 aliphatic carbocycles. The SMILES string of the molecule is O=C(Nc1sc2c(c1-c1nc3ccccc3s1)CCCC2)c1ccc([N+](=O)[O-])cc1. The molecule has 150 valence electrons. The molecule has 2 aromatic heterocycles. The molecule has 5 rings (SSSR count). The number of para-hydroxylation sites is 1. The third-order valence-corrected chi connectivity index (χ3v) is 7.51. The number of non-ortho nitro benzene ring substituents is 1. The number of aromatic nitrogens is 1. The van der Waals surface area contributed by atoms with Gasteiger partial charge in [-0.15, -0.1) is 22.7 Å². The molecule has 0 spiro atoms. The number of rotatable bonds is 4. The number of nitro benzene ring substituents is 1. The van der Waals surface area contributed by atoms with E-state index in [0.717, 1.165) is 51.5 Å². The van der Waals surface area contributed by atoms with Crippen LogP contribution in [-0.4, -0.2) is 15.8 Å². The standard InChI is InChI=1S/C22H17N3O3S2/c26-20(13-9-11-14(12-10-13)25(27)28)24-22-19(15-5-1-3-7-17(15)29-22)21-23-16-6-2-4-8-18(16)30-21/h2,4,6,8-12H,1,3,5,7H2,(H,24,26). The molecule has 8 heteroatoms. The molecule has 2 heterocycles. The Morgan fingerprint density at radius 1 is 1.03 bits per heavy atom. The van der Waals surface area contributed by atoms with E-state index in [2.05, 4.69) is 11.4 Å². The van der Waals surface area contributed by atoms with Crippen LogP contribution < -0.4 is 5.32 Å². The van der Waals surface area contributed by atoms with Crippen molar-refractivity contribution in [2.24, 2.45) is 0 Å². The number of hydrogen-bond donors (Lipinski definition) is 1. The van der Waals surface area contributed by atoms with Crippen LogP contribution in [0.1, 0.15) is 33.6 Å². The fourth-order valence-electron chi connectivity index (χ4n) is 3.77. The lowest BCUT2D eigenvalue weighted by molar-refractivity contribution is -0.384. The van der Waals surface area contributed by atoms with Crippen molar-refractivity contribution in [3.63, 3.8) is 0 Å². The zero-order chi connectivity index (χ0) is 20.7. The van der Waals surface area contributed by atoms with Gasteiger partial charge in [0.1, 0.15) is 10.0 Å². The molecule has 0 aliphatic heterocycles. The summed E-state index contributed by atoms with van der Waals surface area (Å²) in [4.78, 5) is 29.4. The molecule has 1 amide bonds. The quantitative estimate of drug-likeness (QED) is 0.312. The van der Waals surface area contributed by atoms with Crippen LogP contribution in [0.4, 0.5) is 10.7 Å². The first-order valence-electron chi connectivity index (χ1n) is 9.66. The van der Waals surface area contributed by atoms with Gasteiger partial charge < -0.3 is 5.32 Å². The second-order valence-electron chi connectivity index (χ2n) is 7.16. The molecule has 0 bridgehead atoms. The Balaban J connectivity index is 1.54. The van der Waals surface area contributed by atoms with Crippen molar-refractivity contribution in [2.75, 3.05) is 5.32 Å². The van der Waals surface area contributed by atoms with Crippen LogP contribution in [0, 0.1) is 10.1 Å². The summed E-state index contributed by atoms with van der Waals surface area (Å²) < 4.78 is 1.12. The van der Waals surface area contributed by atoms with Gasteiger partial charge >= 0.3 is 0 Å². The number of benzene rings is 2. The fourth-order valence-corrected chi connectivity index (χ4v) is 6.16. The van der Waals surface area contributed by atoms with Gasteiger partial charge in [-0.05, 0) is 55.5 Å². The second kappa shape index (κ2) is 7.62. The maximum absolute atomic E-state index is 12.9. The number of nitrogens with one attached hydrogen (secondary N) is 1. The summed E-state index contributed by atoms with van der Waals surface area (Å²) in [5.74, 6) is -0.272. The van der Waals surface area contributed by atoms with E-state index in [1.54, 1.807) is 22.7 Å². The average molecular weight is 436 g/mol. The second-order valence-corrected chi connectivity index (χ2v) is 9.30. The summed E-state index contributed by atoms with van der Waals surface area (Å²) in [5, 5.41) is 15.6. The van der Waals surface area contributed by atoms with Gasteiger partial charge in [0.25, 0.3) is 11.6 Å². The lowest BCUT2D eigenvalue weighted by Gasteiger charge is -2.11. The van der Waals surface area contributed by atoms with E-state index in [9.17, 15) is 14.9 Å². The number of nitrogens with zero attached hydrogens (tertiary/aromatic N) is 2. The largest absolute Gasteiger partial charge is 0.313 e. The Morgan fingerprint density at radius 3 is 2.57 bits per heavy atom. The van der Waals surface area contributed by atoms with E-state index in [1.165, 1.54) is 34.7 Å². The monoisotopic (exact) mass is 435 g/mol. The van der Waals surface area contributed by atoms with Gasteiger partial charge in [0.15, 0.2) is 0 Å². The molecule has 2 aromatic carbocycles. The summed E-state index contributed by atoms with van der Waals surface area (Å²) >= 11 is 3.26. The number of amides is 1. The van der Waals surface area contributed by atoms with E-state index >= 15 is 0 Å².